The van der Waals surface area contributed by atoms with Gasteiger partial charge in [0.05, 0.1) is 6.54 Å². The molecule has 0 atom stereocenters. The van der Waals surface area contributed by atoms with Crippen molar-refractivity contribution in [2.45, 2.75) is 6.42 Å². The molecule has 0 saturated carbocycles. The van der Waals surface area contributed by atoms with E-state index in [0.29, 0.717) is 0 Å². The lowest BCUT2D eigenvalue weighted by Gasteiger charge is -1.95. The molecule has 0 amide bonds. The zero-order valence-electron chi connectivity index (χ0n) is 4.81. The average molecular weight is 119 g/mol. The number of quaternary nitrogens is 1. The van der Waals surface area contributed by atoms with Gasteiger partial charge in [-0.05, 0) is 12.0 Å². The standard InChI is InChI=1S/C5H13NS/c1-6-4-3-5-7-2/h1,3-6H2,2H3. The Labute approximate surface area is 49.9 Å². The number of hydrogen-bond donors (Lipinski definition) is 1. The Kier molecular flexibility index (Phi) is 6.59. The first kappa shape index (κ1) is 7.31. The maximum Gasteiger partial charge on any atom is 0.0523 e. The van der Waals surface area contributed by atoms with Crippen LogP contribution in [0.5, 0.6) is 0 Å². The summed E-state index contributed by atoms with van der Waals surface area (Å²) in [6.45, 7) is 1.17. The molecule has 0 rings (SSSR count). The van der Waals surface area contributed by atoms with E-state index in [2.05, 4.69) is 13.3 Å². The summed E-state index contributed by atoms with van der Waals surface area (Å²) in [7, 11) is 3.62. The topological polar surface area (TPSA) is 16.6 Å². The Morgan fingerprint density at radius 2 is 2.43 bits per heavy atom. The van der Waals surface area contributed by atoms with Crippen molar-refractivity contribution >= 4 is 11.8 Å². The first-order valence-electron chi connectivity index (χ1n) is 2.51. The highest BCUT2D eigenvalue weighted by Crippen LogP contribution is 1.91. The summed E-state index contributed by atoms with van der Waals surface area (Å²) in [6, 6.07) is 0. The largest absolute Gasteiger partial charge is 0.479 e. The highest BCUT2D eigenvalue weighted by molar-refractivity contribution is 7.98. The lowest BCUT2D eigenvalue weighted by Crippen LogP contribution is -2.76. The van der Waals surface area contributed by atoms with Crippen LogP contribution < -0.4 is 5.32 Å². The quantitative estimate of drug-likeness (QED) is 0.410. The molecule has 44 valence electrons. The molecule has 0 saturated heterocycles. The number of nitrogens with two attached hydrogens (primary N) is 1. The van der Waals surface area contributed by atoms with Gasteiger partial charge in [-0.2, -0.15) is 18.8 Å². The predicted molar refractivity (Wildman–Crippen MR) is 35.1 cm³/mol. The van der Waals surface area contributed by atoms with Crippen molar-refractivity contribution in [2.24, 2.45) is 0 Å². The van der Waals surface area contributed by atoms with Crippen molar-refractivity contribution in [1.29, 1.82) is 0 Å². The van der Waals surface area contributed by atoms with E-state index < -0.39 is 0 Å². The van der Waals surface area contributed by atoms with Crippen LogP contribution >= 0.6 is 11.8 Å². The third-order valence-corrected chi connectivity index (χ3v) is 1.45. The molecule has 1 nitrogen and oxygen atoms in total. The van der Waals surface area contributed by atoms with Crippen LogP contribution in [0.4, 0.5) is 0 Å². The van der Waals surface area contributed by atoms with Gasteiger partial charge in [-0.25, -0.2) is 0 Å². The fraction of sp³-hybridized carbons (Fsp3) is 0.800. The molecule has 0 spiro atoms. The van der Waals surface area contributed by atoms with Gasteiger partial charge in [0, 0.05) is 6.42 Å². The fourth-order valence-corrected chi connectivity index (χ4v) is 0.827. The van der Waals surface area contributed by atoms with E-state index in [-0.39, 0.29) is 0 Å². The summed E-state index contributed by atoms with van der Waals surface area (Å²) < 4.78 is 0. The lowest BCUT2D eigenvalue weighted by molar-refractivity contribution is -0.595. The summed E-state index contributed by atoms with van der Waals surface area (Å²) in [5, 5.41) is 1.97. The first-order chi connectivity index (χ1) is 3.41. The van der Waals surface area contributed by atoms with Crippen LogP contribution in [0.2, 0.25) is 0 Å². The number of hydrogen-bond acceptors (Lipinski definition) is 1. The van der Waals surface area contributed by atoms with Gasteiger partial charge in [-0.3, -0.25) is 0 Å². The SMILES string of the molecule is [CH2-][NH2+]CCCSC. The van der Waals surface area contributed by atoms with E-state index in [4.69, 9.17) is 0 Å². The minimum absolute atomic E-state index is 1.17. The van der Waals surface area contributed by atoms with Crippen LogP contribution in [-0.4, -0.2) is 18.6 Å². The molecule has 0 bridgehead atoms. The Morgan fingerprint density at radius 3 is 2.86 bits per heavy atom. The van der Waals surface area contributed by atoms with Crippen molar-refractivity contribution in [3.05, 3.63) is 7.05 Å². The molecule has 0 aromatic rings. The molecule has 7 heavy (non-hydrogen) atoms. The normalized spacial score (nSPS) is 9.43. The van der Waals surface area contributed by atoms with E-state index in [1.807, 2.05) is 17.1 Å². The second-order valence-electron chi connectivity index (χ2n) is 1.42. The van der Waals surface area contributed by atoms with Crippen LogP contribution in [0.25, 0.3) is 0 Å². The van der Waals surface area contributed by atoms with Crippen molar-refractivity contribution in [1.82, 2.24) is 0 Å². The van der Waals surface area contributed by atoms with Gasteiger partial charge in [0.15, 0.2) is 0 Å². The molecular weight excluding hydrogens is 106 g/mol. The Bertz CT molecular complexity index is 27.3. The summed E-state index contributed by atoms with van der Waals surface area (Å²) in [5.41, 5.74) is 0. The van der Waals surface area contributed by atoms with Crippen LogP contribution in [0.15, 0.2) is 0 Å². The monoisotopic (exact) mass is 119 g/mol. The molecule has 0 aromatic carbocycles. The van der Waals surface area contributed by atoms with Gasteiger partial charge in [0.1, 0.15) is 0 Å². The van der Waals surface area contributed by atoms with Crippen LogP contribution in [0.1, 0.15) is 6.42 Å². The Morgan fingerprint density at radius 1 is 1.71 bits per heavy atom. The molecule has 0 unspecified atom stereocenters. The molecule has 0 aliphatic carbocycles. The summed E-state index contributed by atoms with van der Waals surface area (Å²) in [6.07, 6.45) is 3.41. The first-order valence-corrected chi connectivity index (χ1v) is 3.91. The smallest absolute Gasteiger partial charge is 0.0523 e. The second-order valence-corrected chi connectivity index (χ2v) is 2.41. The summed E-state index contributed by atoms with van der Waals surface area (Å²) in [4.78, 5) is 0. The van der Waals surface area contributed by atoms with Gasteiger partial charge in [0.2, 0.25) is 0 Å². The molecule has 0 aliphatic heterocycles. The molecule has 2 N–H and O–H groups in total. The maximum atomic E-state index is 3.62. The van der Waals surface area contributed by atoms with Gasteiger partial charge < -0.3 is 5.32 Å². The zero-order chi connectivity index (χ0) is 5.54. The highest BCUT2D eigenvalue weighted by Gasteiger charge is 1.79. The molecule has 2 heteroatoms. The number of rotatable bonds is 4. The van der Waals surface area contributed by atoms with E-state index in [1.165, 1.54) is 18.7 Å². The van der Waals surface area contributed by atoms with Gasteiger partial charge in [-0.15, -0.1) is 0 Å². The predicted octanol–water partition coefficient (Wildman–Crippen LogP) is 0.0945. The number of thioether (sulfide) groups is 1. The molecular formula is C5H13NS. The minimum atomic E-state index is 1.17. The second kappa shape index (κ2) is 6.31. The van der Waals surface area contributed by atoms with E-state index in [9.17, 15) is 0 Å². The van der Waals surface area contributed by atoms with E-state index in [1.54, 1.807) is 0 Å². The van der Waals surface area contributed by atoms with Crippen LogP contribution in [0.3, 0.4) is 0 Å². The van der Waals surface area contributed by atoms with Gasteiger partial charge >= 0.3 is 0 Å². The fourth-order valence-electron chi connectivity index (χ4n) is 0.372. The van der Waals surface area contributed by atoms with Gasteiger partial charge in [0.25, 0.3) is 0 Å². The highest BCUT2D eigenvalue weighted by atomic mass is 32.2. The molecule has 0 fully saturated rings. The van der Waals surface area contributed by atoms with Crippen molar-refractivity contribution in [3.63, 3.8) is 0 Å². The average Bonchev–Trinajstić information content (AvgIpc) is 1.69. The minimum Gasteiger partial charge on any atom is -0.479 e. The molecule has 0 heterocycles. The summed E-state index contributed by atoms with van der Waals surface area (Å²) in [5.74, 6) is 1.27. The Hall–Kier alpha value is 0.310. The maximum absolute atomic E-state index is 3.62. The van der Waals surface area contributed by atoms with Crippen molar-refractivity contribution in [2.75, 3.05) is 18.6 Å². The molecule has 0 radical (unpaired) electrons. The van der Waals surface area contributed by atoms with Gasteiger partial charge in [-0.1, -0.05) is 0 Å². The van der Waals surface area contributed by atoms with Crippen LogP contribution in [0, 0.1) is 7.05 Å². The van der Waals surface area contributed by atoms with Crippen molar-refractivity contribution in [3.8, 4) is 0 Å². The Balaban J connectivity index is 2.45. The zero-order valence-corrected chi connectivity index (χ0v) is 5.63. The van der Waals surface area contributed by atoms with E-state index in [0.717, 1.165) is 0 Å². The lowest BCUT2D eigenvalue weighted by atomic mass is 10.5. The summed E-state index contributed by atoms with van der Waals surface area (Å²) >= 11 is 1.89. The van der Waals surface area contributed by atoms with Crippen molar-refractivity contribution < 1.29 is 5.32 Å². The molecule has 0 aliphatic rings. The van der Waals surface area contributed by atoms with Crippen LogP contribution in [-0.2, 0) is 0 Å². The third-order valence-electron chi connectivity index (χ3n) is 0.757. The third kappa shape index (κ3) is 6.31. The van der Waals surface area contributed by atoms with E-state index >= 15 is 0 Å². The molecule has 0 aromatic heterocycles.